The van der Waals surface area contributed by atoms with E-state index in [0.717, 1.165) is 39.0 Å². The van der Waals surface area contributed by atoms with Crippen LogP contribution in [0.4, 0.5) is 0 Å². The van der Waals surface area contributed by atoms with Crippen molar-refractivity contribution in [2.24, 2.45) is 0 Å². The third-order valence-corrected chi connectivity index (χ3v) is 6.19. The van der Waals surface area contributed by atoms with Gasteiger partial charge in [-0.1, -0.05) is 91.0 Å². The Hall–Kier alpha value is -4.51. The SMILES string of the molecule is c1ccc(C(c2ccccc2)(c2ccccc2)n2ccc3c(-c4cn[nH]c4)ncnc32)cc1. The number of hydrogen-bond donors (Lipinski definition) is 1. The van der Waals surface area contributed by atoms with E-state index in [1.807, 2.05) is 6.20 Å². The topological polar surface area (TPSA) is 59.4 Å². The molecule has 0 radical (unpaired) electrons. The summed E-state index contributed by atoms with van der Waals surface area (Å²) in [5.74, 6) is 0. The average molecular weight is 428 g/mol. The van der Waals surface area contributed by atoms with Gasteiger partial charge < -0.3 is 4.57 Å². The molecule has 0 amide bonds. The van der Waals surface area contributed by atoms with Crippen LogP contribution < -0.4 is 0 Å². The number of nitrogens with zero attached hydrogens (tertiary/aromatic N) is 4. The van der Waals surface area contributed by atoms with E-state index in [1.165, 1.54) is 0 Å². The molecule has 0 fully saturated rings. The van der Waals surface area contributed by atoms with Gasteiger partial charge in [-0.3, -0.25) is 5.10 Å². The Labute approximate surface area is 191 Å². The molecule has 6 aromatic rings. The normalized spacial score (nSPS) is 11.6. The largest absolute Gasteiger partial charge is 0.314 e. The summed E-state index contributed by atoms with van der Waals surface area (Å²) >= 11 is 0. The Bertz CT molecular complexity index is 1390. The van der Waals surface area contributed by atoms with E-state index in [4.69, 9.17) is 4.98 Å². The zero-order valence-electron chi connectivity index (χ0n) is 17.8. The van der Waals surface area contributed by atoms with Gasteiger partial charge in [0.1, 0.15) is 17.5 Å². The second-order valence-corrected chi connectivity index (χ2v) is 7.94. The van der Waals surface area contributed by atoms with Crippen molar-refractivity contribution in [3.8, 4) is 11.3 Å². The van der Waals surface area contributed by atoms with Crippen LogP contribution in [0, 0.1) is 0 Å². The summed E-state index contributed by atoms with van der Waals surface area (Å²) < 4.78 is 2.27. The molecule has 6 rings (SSSR count). The average Bonchev–Trinajstić information content (AvgIpc) is 3.58. The first-order valence-electron chi connectivity index (χ1n) is 10.9. The summed E-state index contributed by atoms with van der Waals surface area (Å²) in [6.45, 7) is 0. The Balaban J connectivity index is 1.75. The smallest absolute Gasteiger partial charge is 0.145 e. The summed E-state index contributed by atoms with van der Waals surface area (Å²) in [5.41, 5.74) is 5.50. The number of aromatic amines is 1. The number of H-pyrrole nitrogens is 1. The van der Waals surface area contributed by atoms with Gasteiger partial charge in [0.25, 0.3) is 0 Å². The molecule has 158 valence electrons. The molecule has 0 aliphatic rings. The Morgan fingerprint density at radius 3 is 1.76 bits per heavy atom. The number of nitrogens with one attached hydrogen (secondary N) is 1. The molecule has 3 heterocycles. The maximum absolute atomic E-state index is 4.78. The monoisotopic (exact) mass is 427 g/mol. The number of benzene rings is 3. The lowest BCUT2D eigenvalue weighted by atomic mass is 9.76. The fourth-order valence-electron chi connectivity index (χ4n) is 4.79. The van der Waals surface area contributed by atoms with Crippen LogP contribution in [0.2, 0.25) is 0 Å². The van der Waals surface area contributed by atoms with Crippen molar-refractivity contribution in [3.05, 3.63) is 139 Å². The zero-order chi connectivity index (χ0) is 22.1. The van der Waals surface area contributed by atoms with Gasteiger partial charge in [0, 0.05) is 23.3 Å². The van der Waals surface area contributed by atoms with Crippen molar-refractivity contribution in [1.29, 1.82) is 0 Å². The minimum absolute atomic E-state index is 0.618. The number of aromatic nitrogens is 5. The second-order valence-electron chi connectivity index (χ2n) is 7.94. The van der Waals surface area contributed by atoms with E-state index < -0.39 is 5.54 Å². The van der Waals surface area contributed by atoms with Crippen LogP contribution in [0.1, 0.15) is 16.7 Å². The van der Waals surface area contributed by atoms with Gasteiger partial charge >= 0.3 is 0 Å². The van der Waals surface area contributed by atoms with Gasteiger partial charge in [-0.2, -0.15) is 5.10 Å². The van der Waals surface area contributed by atoms with Gasteiger partial charge in [0.2, 0.25) is 0 Å². The molecule has 0 saturated heterocycles. The van der Waals surface area contributed by atoms with Crippen molar-refractivity contribution in [2.75, 3.05) is 0 Å². The first kappa shape index (κ1) is 19.2. The summed E-state index contributed by atoms with van der Waals surface area (Å²) in [6.07, 6.45) is 7.40. The molecule has 5 nitrogen and oxygen atoms in total. The summed E-state index contributed by atoms with van der Waals surface area (Å²) in [4.78, 5) is 9.35. The van der Waals surface area contributed by atoms with Gasteiger partial charge in [-0.25, -0.2) is 9.97 Å². The summed E-state index contributed by atoms with van der Waals surface area (Å²) in [6, 6.07) is 33.9. The molecule has 0 spiro atoms. The van der Waals surface area contributed by atoms with Crippen LogP contribution in [0.15, 0.2) is 122 Å². The van der Waals surface area contributed by atoms with E-state index in [-0.39, 0.29) is 0 Å². The molecule has 1 N–H and O–H groups in total. The number of fused-ring (bicyclic) bond motifs is 1. The van der Waals surface area contributed by atoms with Gasteiger partial charge in [0.15, 0.2) is 0 Å². The quantitative estimate of drug-likeness (QED) is 0.361. The fourth-order valence-corrected chi connectivity index (χ4v) is 4.79. The number of rotatable bonds is 5. The van der Waals surface area contributed by atoms with Crippen molar-refractivity contribution < 1.29 is 0 Å². The van der Waals surface area contributed by atoms with E-state index in [1.54, 1.807) is 12.5 Å². The predicted octanol–water partition coefficient (Wildman–Crippen LogP) is 5.66. The highest BCUT2D eigenvalue weighted by Gasteiger charge is 2.39. The van der Waals surface area contributed by atoms with E-state index >= 15 is 0 Å². The highest BCUT2D eigenvalue weighted by molar-refractivity contribution is 5.91. The molecule has 3 aromatic heterocycles. The maximum atomic E-state index is 4.78. The molecule has 0 aliphatic heterocycles. The van der Waals surface area contributed by atoms with E-state index in [0.29, 0.717) is 0 Å². The van der Waals surface area contributed by atoms with Gasteiger partial charge in [-0.05, 0) is 22.8 Å². The van der Waals surface area contributed by atoms with Crippen LogP contribution in [-0.2, 0) is 5.54 Å². The van der Waals surface area contributed by atoms with Crippen molar-refractivity contribution in [3.63, 3.8) is 0 Å². The highest BCUT2D eigenvalue weighted by Crippen LogP contribution is 2.43. The van der Waals surface area contributed by atoms with Gasteiger partial charge in [-0.15, -0.1) is 0 Å². The molecular formula is C28H21N5. The van der Waals surface area contributed by atoms with Crippen molar-refractivity contribution in [2.45, 2.75) is 5.54 Å². The lowest BCUT2D eigenvalue weighted by Gasteiger charge is -2.38. The molecule has 3 aromatic carbocycles. The Kier molecular flexibility index (Phi) is 4.58. The summed E-state index contributed by atoms with van der Waals surface area (Å²) in [7, 11) is 0. The molecule has 0 aliphatic carbocycles. The standard InChI is InChI=1S/C28H21N5/c1-4-10-22(11-5-1)28(23-12-6-2-7-13-23,24-14-8-3-9-15-24)33-17-16-25-26(21-18-31-32-19-21)29-20-30-27(25)33/h1-20H,(H,31,32). The van der Waals surface area contributed by atoms with Crippen LogP contribution in [0.25, 0.3) is 22.3 Å². The lowest BCUT2D eigenvalue weighted by molar-refractivity contribution is 0.530. The minimum atomic E-state index is -0.618. The molecule has 0 atom stereocenters. The van der Waals surface area contributed by atoms with Crippen LogP contribution in [-0.4, -0.2) is 24.7 Å². The maximum Gasteiger partial charge on any atom is 0.145 e. The van der Waals surface area contributed by atoms with Crippen molar-refractivity contribution in [1.82, 2.24) is 24.7 Å². The fraction of sp³-hybridized carbons (Fsp3) is 0.0357. The minimum Gasteiger partial charge on any atom is -0.314 e. The predicted molar refractivity (Wildman–Crippen MR) is 130 cm³/mol. The molecular weight excluding hydrogens is 406 g/mol. The Morgan fingerprint density at radius 1 is 0.667 bits per heavy atom. The van der Waals surface area contributed by atoms with Crippen LogP contribution >= 0.6 is 0 Å². The van der Waals surface area contributed by atoms with Crippen molar-refractivity contribution >= 4 is 11.0 Å². The summed E-state index contributed by atoms with van der Waals surface area (Å²) in [5, 5.41) is 7.98. The number of hydrogen-bond acceptors (Lipinski definition) is 3. The van der Waals surface area contributed by atoms with Gasteiger partial charge in [0.05, 0.1) is 11.9 Å². The molecule has 5 heteroatoms. The molecule has 0 unspecified atom stereocenters. The first-order chi connectivity index (χ1) is 16.4. The third kappa shape index (κ3) is 2.97. The van der Waals surface area contributed by atoms with E-state index in [2.05, 4.69) is 123 Å². The Morgan fingerprint density at radius 2 is 1.24 bits per heavy atom. The van der Waals surface area contributed by atoms with Crippen LogP contribution in [0.3, 0.4) is 0 Å². The highest BCUT2D eigenvalue weighted by atomic mass is 15.1. The first-order valence-corrected chi connectivity index (χ1v) is 10.9. The molecule has 0 bridgehead atoms. The third-order valence-electron chi connectivity index (χ3n) is 6.19. The van der Waals surface area contributed by atoms with E-state index in [9.17, 15) is 0 Å². The molecule has 0 saturated carbocycles. The second kappa shape index (κ2) is 7.88. The molecule has 33 heavy (non-hydrogen) atoms. The zero-order valence-corrected chi connectivity index (χ0v) is 17.8. The van der Waals surface area contributed by atoms with Crippen LogP contribution in [0.5, 0.6) is 0 Å². The lowest BCUT2D eigenvalue weighted by Crippen LogP contribution is -2.37.